The zero-order chi connectivity index (χ0) is 17.2. The van der Waals surface area contributed by atoms with Crippen molar-refractivity contribution in [3.63, 3.8) is 0 Å². The molecule has 2 aromatic heterocycles. The SMILES string of the molecule is O=C(NC1CCCC1)C1CN(C(=O)c2cccs2)Cc2cccnc21. The van der Waals surface area contributed by atoms with Crippen molar-refractivity contribution in [3.8, 4) is 0 Å². The second kappa shape index (κ2) is 6.96. The van der Waals surface area contributed by atoms with Gasteiger partial charge >= 0.3 is 0 Å². The number of nitrogens with one attached hydrogen (secondary N) is 1. The van der Waals surface area contributed by atoms with Crippen LogP contribution < -0.4 is 5.32 Å². The van der Waals surface area contributed by atoms with E-state index in [2.05, 4.69) is 10.3 Å². The third-order valence-electron chi connectivity index (χ3n) is 5.06. The van der Waals surface area contributed by atoms with Crippen molar-refractivity contribution in [1.82, 2.24) is 15.2 Å². The minimum Gasteiger partial charge on any atom is -0.353 e. The first kappa shape index (κ1) is 16.3. The fourth-order valence-corrected chi connectivity index (χ4v) is 4.46. The first-order valence-corrected chi connectivity index (χ1v) is 9.67. The average Bonchev–Trinajstić information content (AvgIpc) is 3.34. The maximum absolute atomic E-state index is 12.9. The quantitative estimate of drug-likeness (QED) is 0.921. The molecule has 25 heavy (non-hydrogen) atoms. The summed E-state index contributed by atoms with van der Waals surface area (Å²) in [5, 5.41) is 5.07. The lowest BCUT2D eigenvalue weighted by molar-refractivity contribution is -0.123. The molecule has 2 aromatic rings. The Morgan fingerprint density at radius 2 is 2.04 bits per heavy atom. The first-order chi connectivity index (χ1) is 12.2. The molecule has 1 atom stereocenters. The van der Waals surface area contributed by atoms with Gasteiger partial charge in [0.1, 0.15) is 0 Å². The van der Waals surface area contributed by atoms with E-state index in [4.69, 9.17) is 0 Å². The zero-order valence-corrected chi connectivity index (χ0v) is 14.8. The lowest BCUT2D eigenvalue weighted by Crippen LogP contribution is -2.45. The van der Waals surface area contributed by atoms with Crippen LogP contribution in [-0.4, -0.2) is 34.3 Å². The van der Waals surface area contributed by atoms with Crippen LogP contribution in [0.15, 0.2) is 35.8 Å². The van der Waals surface area contributed by atoms with E-state index >= 15 is 0 Å². The summed E-state index contributed by atoms with van der Waals surface area (Å²) in [7, 11) is 0. The van der Waals surface area contributed by atoms with Crippen molar-refractivity contribution in [1.29, 1.82) is 0 Å². The molecule has 0 radical (unpaired) electrons. The maximum Gasteiger partial charge on any atom is 0.264 e. The molecule has 130 valence electrons. The number of rotatable bonds is 3. The normalized spacial score (nSPS) is 20.3. The van der Waals surface area contributed by atoms with E-state index in [1.807, 2.05) is 29.6 Å². The summed E-state index contributed by atoms with van der Waals surface area (Å²) in [6.45, 7) is 0.895. The Balaban J connectivity index is 1.58. The molecule has 1 fully saturated rings. The number of thiophene rings is 1. The Hall–Kier alpha value is -2.21. The molecular weight excluding hydrogens is 334 g/mol. The highest BCUT2D eigenvalue weighted by Crippen LogP contribution is 2.29. The van der Waals surface area contributed by atoms with Gasteiger partial charge in [0.25, 0.3) is 5.91 Å². The Bertz CT molecular complexity index is 769. The molecule has 0 saturated heterocycles. The summed E-state index contributed by atoms with van der Waals surface area (Å²) in [5.74, 6) is -0.409. The van der Waals surface area contributed by atoms with E-state index in [9.17, 15) is 9.59 Å². The summed E-state index contributed by atoms with van der Waals surface area (Å²) in [4.78, 5) is 32.6. The number of amides is 2. The van der Waals surface area contributed by atoms with E-state index in [-0.39, 0.29) is 17.9 Å². The average molecular weight is 355 g/mol. The molecular formula is C19H21N3O2S. The number of carbonyl (C=O) groups is 2. The molecule has 1 N–H and O–H groups in total. The van der Waals surface area contributed by atoms with Crippen molar-refractivity contribution < 1.29 is 9.59 Å². The van der Waals surface area contributed by atoms with Gasteiger partial charge in [-0.15, -0.1) is 11.3 Å². The van der Waals surface area contributed by atoms with E-state index < -0.39 is 5.92 Å². The van der Waals surface area contributed by atoms with Crippen LogP contribution in [0.5, 0.6) is 0 Å². The largest absolute Gasteiger partial charge is 0.353 e. The molecule has 2 aliphatic rings. The molecule has 1 aliphatic heterocycles. The minimum absolute atomic E-state index is 0.00414. The first-order valence-electron chi connectivity index (χ1n) is 8.79. The zero-order valence-electron chi connectivity index (χ0n) is 14.0. The predicted octanol–water partition coefficient (Wildman–Crippen LogP) is 2.94. The van der Waals surface area contributed by atoms with Gasteiger partial charge in [0.05, 0.1) is 16.5 Å². The van der Waals surface area contributed by atoms with Gasteiger partial charge in [-0.3, -0.25) is 14.6 Å². The van der Waals surface area contributed by atoms with Crippen molar-refractivity contribution in [2.75, 3.05) is 6.54 Å². The third-order valence-corrected chi connectivity index (χ3v) is 5.92. The maximum atomic E-state index is 12.9. The van der Waals surface area contributed by atoms with Crippen LogP contribution in [0.2, 0.25) is 0 Å². The summed E-state index contributed by atoms with van der Waals surface area (Å²) >= 11 is 1.43. The second-order valence-corrected chi connectivity index (χ2v) is 7.70. The molecule has 1 saturated carbocycles. The van der Waals surface area contributed by atoms with E-state index in [0.29, 0.717) is 18.0 Å². The molecule has 6 heteroatoms. The lowest BCUT2D eigenvalue weighted by atomic mass is 9.93. The predicted molar refractivity (Wildman–Crippen MR) is 96.4 cm³/mol. The molecule has 2 amide bonds. The van der Waals surface area contributed by atoms with Crippen LogP contribution >= 0.6 is 11.3 Å². The summed E-state index contributed by atoms with van der Waals surface area (Å²) in [5.41, 5.74) is 1.78. The van der Waals surface area contributed by atoms with Gasteiger partial charge in [0, 0.05) is 25.3 Å². The molecule has 0 bridgehead atoms. The number of nitrogens with zero attached hydrogens (tertiary/aromatic N) is 2. The smallest absolute Gasteiger partial charge is 0.264 e. The third kappa shape index (κ3) is 3.31. The minimum atomic E-state index is -0.394. The number of fused-ring (bicyclic) bond motifs is 1. The van der Waals surface area contributed by atoms with Crippen molar-refractivity contribution >= 4 is 23.2 Å². The lowest BCUT2D eigenvalue weighted by Gasteiger charge is -2.33. The number of aromatic nitrogens is 1. The molecule has 5 nitrogen and oxygen atoms in total. The van der Waals surface area contributed by atoms with Crippen LogP contribution in [0.25, 0.3) is 0 Å². The van der Waals surface area contributed by atoms with Gasteiger partial charge in [-0.25, -0.2) is 0 Å². The van der Waals surface area contributed by atoms with Gasteiger partial charge in [0.2, 0.25) is 5.91 Å². The molecule has 4 rings (SSSR count). The van der Waals surface area contributed by atoms with Gasteiger partial charge in [0.15, 0.2) is 0 Å². The Labute approximate surface area is 151 Å². The molecule has 0 aromatic carbocycles. The molecule has 1 aliphatic carbocycles. The monoisotopic (exact) mass is 355 g/mol. The highest BCUT2D eigenvalue weighted by molar-refractivity contribution is 7.12. The van der Waals surface area contributed by atoms with Gasteiger partial charge < -0.3 is 10.2 Å². The van der Waals surface area contributed by atoms with Crippen LogP contribution in [0.4, 0.5) is 0 Å². The highest BCUT2D eigenvalue weighted by atomic mass is 32.1. The van der Waals surface area contributed by atoms with Gasteiger partial charge in [-0.1, -0.05) is 25.0 Å². The topological polar surface area (TPSA) is 62.3 Å². The molecule has 0 spiro atoms. The second-order valence-electron chi connectivity index (χ2n) is 6.75. The highest BCUT2D eigenvalue weighted by Gasteiger charge is 2.35. The fraction of sp³-hybridized carbons (Fsp3) is 0.421. The van der Waals surface area contributed by atoms with Crippen molar-refractivity contribution in [3.05, 3.63) is 52.0 Å². The number of hydrogen-bond donors (Lipinski definition) is 1. The van der Waals surface area contributed by atoms with E-state index in [0.717, 1.165) is 24.1 Å². The summed E-state index contributed by atoms with van der Waals surface area (Å²) in [6.07, 6.45) is 6.17. The number of pyridine rings is 1. The Kier molecular flexibility index (Phi) is 4.53. The van der Waals surface area contributed by atoms with E-state index in [1.54, 1.807) is 11.1 Å². The van der Waals surface area contributed by atoms with Crippen LogP contribution in [0.1, 0.15) is 52.5 Å². The van der Waals surface area contributed by atoms with Crippen LogP contribution in [0, 0.1) is 0 Å². The van der Waals surface area contributed by atoms with Gasteiger partial charge in [-0.2, -0.15) is 0 Å². The standard InChI is InChI=1S/C19H21N3O2S/c23-18(21-14-6-1-2-7-14)15-12-22(19(24)16-8-4-10-25-16)11-13-5-3-9-20-17(13)15/h3-5,8-10,14-15H,1-2,6-7,11-12H2,(H,21,23). The summed E-state index contributed by atoms with van der Waals surface area (Å²) < 4.78 is 0. The Morgan fingerprint density at radius 1 is 1.20 bits per heavy atom. The van der Waals surface area contributed by atoms with Crippen molar-refractivity contribution in [2.24, 2.45) is 0 Å². The number of carbonyl (C=O) groups excluding carboxylic acids is 2. The van der Waals surface area contributed by atoms with Crippen LogP contribution in [-0.2, 0) is 11.3 Å². The molecule has 1 unspecified atom stereocenters. The van der Waals surface area contributed by atoms with Crippen molar-refractivity contribution in [2.45, 2.75) is 44.2 Å². The number of hydrogen-bond acceptors (Lipinski definition) is 4. The van der Waals surface area contributed by atoms with E-state index in [1.165, 1.54) is 24.2 Å². The summed E-state index contributed by atoms with van der Waals surface area (Å²) in [6, 6.07) is 7.81. The van der Waals surface area contributed by atoms with Gasteiger partial charge in [-0.05, 0) is 35.9 Å². The van der Waals surface area contributed by atoms with Crippen LogP contribution in [0.3, 0.4) is 0 Å². The fourth-order valence-electron chi connectivity index (χ4n) is 3.77. The Morgan fingerprint density at radius 3 is 2.80 bits per heavy atom. The molecule has 3 heterocycles.